The molecule has 2 heteroatoms. The predicted molar refractivity (Wildman–Crippen MR) is 45.3 cm³/mol. The first-order valence-corrected chi connectivity index (χ1v) is 4.99. The van der Waals surface area contributed by atoms with Gasteiger partial charge < -0.3 is 0 Å². The quantitative estimate of drug-likeness (QED) is 0.536. The van der Waals surface area contributed by atoms with Gasteiger partial charge in [0.1, 0.15) is 6.17 Å². The molecule has 0 aromatic heterocycles. The van der Waals surface area contributed by atoms with Crippen LogP contribution in [0.15, 0.2) is 0 Å². The van der Waals surface area contributed by atoms with Gasteiger partial charge in [-0.3, -0.25) is 0 Å². The Morgan fingerprint density at radius 3 is 2.50 bits per heavy atom. The van der Waals surface area contributed by atoms with Crippen LogP contribution in [0.5, 0.6) is 0 Å². The number of hydrogen-bond acceptors (Lipinski definition) is 0. The van der Waals surface area contributed by atoms with Crippen LogP contribution in [0, 0.1) is 0 Å². The van der Waals surface area contributed by atoms with E-state index in [2.05, 4.69) is 15.9 Å². The molecule has 0 N–H and O–H groups in total. The zero-order chi connectivity index (χ0) is 7.40. The van der Waals surface area contributed by atoms with Crippen molar-refractivity contribution in [3.05, 3.63) is 0 Å². The van der Waals surface area contributed by atoms with Gasteiger partial charge in [0, 0.05) is 4.83 Å². The maximum Gasteiger partial charge on any atom is 0.100 e. The van der Waals surface area contributed by atoms with Gasteiger partial charge >= 0.3 is 0 Å². The maximum absolute atomic E-state index is 12.8. The van der Waals surface area contributed by atoms with E-state index in [9.17, 15) is 4.39 Å². The molecule has 10 heavy (non-hydrogen) atoms. The summed E-state index contributed by atoms with van der Waals surface area (Å²) in [5.41, 5.74) is 0. The Kier molecular flexibility index (Phi) is 3.68. The summed E-state index contributed by atoms with van der Waals surface area (Å²) in [5.74, 6) is 0. The second kappa shape index (κ2) is 4.32. The van der Waals surface area contributed by atoms with E-state index in [0.717, 1.165) is 25.7 Å². The lowest BCUT2D eigenvalue weighted by Crippen LogP contribution is -2.09. The molecular weight excluding hydrogens is 195 g/mol. The molecule has 0 aromatic carbocycles. The first-order chi connectivity index (χ1) is 4.79. The summed E-state index contributed by atoms with van der Waals surface area (Å²) >= 11 is 3.53. The number of rotatable bonds is 0. The van der Waals surface area contributed by atoms with E-state index in [-0.39, 0.29) is 0 Å². The standard InChI is InChI=1S/C8H14BrF/c9-7-3-1-2-4-8(10)6-5-7/h7-8H,1-6H2/t7-,8+/m1/s1. The lowest BCUT2D eigenvalue weighted by atomic mass is 10.00. The van der Waals surface area contributed by atoms with Crippen LogP contribution in [0.1, 0.15) is 38.5 Å². The Morgan fingerprint density at radius 1 is 1.00 bits per heavy atom. The molecule has 0 bridgehead atoms. The molecule has 2 atom stereocenters. The van der Waals surface area contributed by atoms with Gasteiger partial charge in [-0.1, -0.05) is 28.8 Å². The SMILES string of the molecule is F[C@H]1CCCC[C@@H](Br)CC1. The van der Waals surface area contributed by atoms with Crippen LogP contribution in [0.25, 0.3) is 0 Å². The van der Waals surface area contributed by atoms with Crippen LogP contribution in [0.2, 0.25) is 0 Å². The normalized spacial score (nSPS) is 36.6. The number of halogens is 2. The smallest absolute Gasteiger partial charge is 0.100 e. The average Bonchev–Trinajstić information content (AvgIpc) is 1.90. The fourth-order valence-corrected chi connectivity index (χ4v) is 1.97. The molecule has 0 nitrogen and oxygen atoms in total. The summed E-state index contributed by atoms with van der Waals surface area (Å²) in [6.45, 7) is 0. The first kappa shape index (κ1) is 8.51. The molecule has 1 fully saturated rings. The predicted octanol–water partition coefficient (Wildman–Crippen LogP) is 3.44. The van der Waals surface area contributed by atoms with Crippen molar-refractivity contribution < 1.29 is 4.39 Å². The number of alkyl halides is 2. The van der Waals surface area contributed by atoms with E-state index in [1.807, 2.05) is 0 Å². The van der Waals surface area contributed by atoms with Gasteiger partial charge in [-0.25, -0.2) is 4.39 Å². The third-order valence-corrected chi connectivity index (χ3v) is 2.99. The minimum absolute atomic E-state index is 0.527. The van der Waals surface area contributed by atoms with E-state index in [1.165, 1.54) is 12.8 Å². The largest absolute Gasteiger partial charge is 0.247 e. The summed E-state index contributed by atoms with van der Waals surface area (Å²) in [6.07, 6.45) is 5.53. The fourth-order valence-electron chi connectivity index (χ4n) is 1.38. The highest BCUT2D eigenvalue weighted by Gasteiger charge is 2.13. The highest BCUT2D eigenvalue weighted by molar-refractivity contribution is 9.09. The minimum atomic E-state index is -0.527. The summed E-state index contributed by atoms with van der Waals surface area (Å²) in [7, 11) is 0. The molecule has 0 aliphatic heterocycles. The van der Waals surface area contributed by atoms with Gasteiger partial charge in [-0.05, 0) is 25.7 Å². The van der Waals surface area contributed by atoms with Crippen molar-refractivity contribution in [1.82, 2.24) is 0 Å². The second-order valence-electron chi connectivity index (χ2n) is 3.06. The van der Waals surface area contributed by atoms with Crippen LogP contribution < -0.4 is 0 Å². The monoisotopic (exact) mass is 208 g/mol. The van der Waals surface area contributed by atoms with Gasteiger partial charge in [0.25, 0.3) is 0 Å². The molecule has 1 aliphatic carbocycles. The van der Waals surface area contributed by atoms with Gasteiger partial charge in [0.05, 0.1) is 0 Å². The average molecular weight is 209 g/mol. The molecule has 1 rings (SSSR count). The van der Waals surface area contributed by atoms with Gasteiger partial charge in [-0.2, -0.15) is 0 Å². The Labute approximate surface area is 70.3 Å². The van der Waals surface area contributed by atoms with Gasteiger partial charge in [-0.15, -0.1) is 0 Å². The summed E-state index contributed by atoms with van der Waals surface area (Å²) in [6, 6.07) is 0. The summed E-state index contributed by atoms with van der Waals surface area (Å²) < 4.78 is 12.8. The van der Waals surface area contributed by atoms with Crippen molar-refractivity contribution in [1.29, 1.82) is 0 Å². The molecule has 0 saturated heterocycles. The van der Waals surface area contributed by atoms with Crippen molar-refractivity contribution in [2.24, 2.45) is 0 Å². The lowest BCUT2D eigenvalue weighted by molar-refractivity contribution is 0.270. The van der Waals surface area contributed by atoms with Crippen LogP contribution in [0.4, 0.5) is 4.39 Å². The molecule has 0 aromatic rings. The zero-order valence-electron chi connectivity index (χ0n) is 6.15. The zero-order valence-corrected chi connectivity index (χ0v) is 7.74. The Bertz CT molecular complexity index is 83.3. The highest BCUT2D eigenvalue weighted by atomic mass is 79.9. The molecule has 0 unspecified atom stereocenters. The molecule has 1 saturated carbocycles. The molecule has 0 spiro atoms. The Morgan fingerprint density at radius 2 is 1.70 bits per heavy atom. The van der Waals surface area contributed by atoms with Crippen molar-refractivity contribution >= 4 is 15.9 Å². The van der Waals surface area contributed by atoms with Crippen LogP contribution >= 0.6 is 15.9 Å². The van der Waals surface area contributed by atoms with E-state index in [1.54, 1.807) is 0 Å². The third-order valence-electron chi connectivity index (χ3n) is 2.08. The van der Waals surface area contributed by atoms with Gasteiger partial charge in [0.15, 0.2) is 0 Å². The molecule has 0 amide bonds. The van der Waals surface area contributed by atoms with Crippen molar-refractivity contribution in [3.63, 3.8) is 0 Å². The molecule has 0 heterocycles. The van der Waals surface area contributed by atoms with E-state index >= 15 is 0 Å². The van der Waals surface area contributed by atoms with Crippen LogP contribution in [0.3, 0.4) is 0 Å². The van der Waals surface area contributed by atoms with Crippen molar-refractivity contribution in [2.45, 2.75) is 49.5 Å². The Hall–Kier alpha value is 0.410. The van der Waals surface area contributed by atoms with E-state index < -0.39 is 6.17 Å². The van der Waals surface area contributed by atoms with E-state index in [0.29, 0.717) is 4.83 Å². The highest BCUT2D eigenvalue weighted by Crippen LogP contribution is 2.23. The lowest BCUT2D eigenvalue weighted by Gasteiger charge is -2.15. The van der Waals surface area contributed by atoms with Gasteiger partial charge in [0.2, 0.25) is 0 Å². The third kappa shape index (κ3) is 3.00. The minimum Gasteiger partial charge on any atom is -0.247 e. The molecule has 1 aliphatic rings. The molecule has 60 valence electrons. The van der Waals surface area contributed by atoms with Crippen LogP contribution in [-0.2, 0) is 0 Å². The second-order valence-corrected chi connectivity index (χ2v) is 4.35. The van der Waals surface area contributed by atoms with E-state index in [4.69, 9.17) is 0 Å². The number of hydrogen-bond donors (Lipinski definition) is 0. The Balaban J connectivity index is 2.23. The van der Waals surface area contributed by atoms with Crippen molar-refractivity contribution in [3.8, 4) is 0 Å². The van der Waals surface area contributed by atoms with Crippen molar-refractivity contribution in [2.75, 3.05) is 0 Å². The molecule has 0 radical (unpaired) electrons. The molecular formula is C8H14BrF. The first-order valence-electron chi connectivity index (χ1n) is 4.07. The van der Waals surface area contributed by atoms with Crippen LogP contribution in [-0.4, -0.2) is 11.0 Å². The summed E-state index contributed by atoms with van der Waals surface area (Å²) in [5, 5.41) is 0. The summed E-state index contributed by atoms with van der Waals surface area (Å²) in [4.78, 5) is 0.575. The maximum atomic E-state index is 12.8. The fraction of sp³-hybridized carbons (Fsp3) is 1.00. The topological polar surface area (TPSA) is 0 Å².